The van der Waals surface area contributed by atoms with Crippen molar-refractivity contribution in [2.45, 2.75) is 6.92 Å². The maximum Gasteiger partial charge on any atom is 0.352 e. The van der Waals surface area contributed by atoms with E-state index in [9.17, 15) is 18.9 Å². The van der Waals surface area contributed by atoms with Crippen molar-refractivity contribution in [1.29, 1.82) is 0 Å². The van der Waals surface area contributed by atoms with Gasteiger partial charge < -0.3 is 10.5 Å². The van der Waals surface area contributed by atoms with Crippen molar-refractivity contribution in [3.63, 3.8) is 0 Å². The van der Waals surface area contributed by atoms with Crippen LogP contribution in [0, 0.1) is 28.7 Å². The van der Waals surface area contributed by atoms with E-state index in [4.69, 9.17) is 10.5 Å². The first-order valence-corrected chi connectivity index (χ1v) is 5.30. The highest BCUT2D eigenvalue weighted by molar-refractivity contribution is 5.49. The average Bonchev–Trinajstić information content (AvgIpc) is 2.32. The summed E-state index contributed by atoms with van der Waals surface area (Å²) in [7, 11) is 0. The molecule has 104 valence electrons. The van der Waals surface area contributed by atoms with E-state index in [1.54, 1.807) is 0 Å². The van der Waals surface area contributed by atoms with Crippen LogP contribution in [0.3, 0.4) is 0 Å². The number of benzene rings is 1. The number of hydrogen-bond donors (Lipinski definition) is 1. The van der Waals surface area contributed by atoms with Crippen LogP contribution in [0.25, 0.3) is 0 Å². The Morgan fingerprint density at radius 3 is 2.60 bits per heavy atom. The Bertz CT molecular complexity index is 694. The summed E-state index contributed by atoms with van der Waals surface area (Å²) in [5, 5.41) is 10.9. The van der Waals surface area contributed by atoms with Crippen LogP contribution >= 0.6 is 0 Å². The summed E-state index contributed by atoms with van der Waals surface area (Å²) in [6.07, 6.45) is 0. The highest BCUT2D eigenvalue weighted by atomic mass is 19.2. The van der Waals surface area contributed by atoms with Crippen molar-refractivity contribution in [3.05, 3.63) is 45.6 Å². The molecule has 0 bridgehead atoms. The molecule has 1 heterocycles. The first kappa shape index (κ1) is 13.6. The smallest absolute Gasteiger partial charge is 0.352 e. The van der Waals surface area contributed by atoms with E-state index >= 15 is 0 Å². The van der Waals surface area contributed by atoms with E-state index in [1.165, 1.54) is 6.92 Å². The maximum absolute atomic E-state index is 13.1. The lowest BCUT2D eigenvalue weighted by atomic mass is 10.3. The molecule has 0 amide bonds. The van der Waals surface area contributed by atoms with Crippen molar-refractivity contribution in [2.24, 2.45) is 0 Å². The molecule has 1 aromatic carbocycles. The summed E-state index contributed by atoms with van der Waals surface area (Å²) in [5.74, 6) is -3.03. The largest absolute Gasteiger partial charge is 0.433 e. The Labute approximate surface area is 111 Å². The van der Waals surface area contributed by atoms with Crippen molar-refractivity contribution < 1.29 is 18.4 Å². The highest BCUT2D eigenvalue weighted by Gasteiger charge is 2.23. The zero-order valence-electron chi connectivity index (χ0n) is 10.1. The van der Waals surface area contributed by atoms with Crippen LogP contribution in [-0.4, -0.2) is 14.9 Å². The predicted molar refractivity (Wildman–Crippen MR) is 64.3 cm³/mol. The summed E-state index contributed by atoms with van der Waals surface area (Å²) in [6.45, 7) is 1.36. The number of hydrogen-bond acceptors (Lipinski definition) is 6. The molecule has 7 nitrogen and oxygen atoms in total. The monoisotopic (exact) mass is 282 g/mol. The quantitative estimate of drug-likeness (QED) is 0.684. The molecule has 0 aliphatic rings. The maximum atomic E-state index is 13.1. The molecule has 1 aromatic heterocycles. The first-order chi connectivity index (χ1) is 9.38. The predicted octanol–water partition coefficient (Wildman–Crippen LogP) is 2.35. The molecule has 2 N–H and O–H groups in total. The molecule has 0 radical (unpaired) electrons. The number of aromatic nitrogens is 2. The highest BCUT2D eigenvalue weighted by Crippen LogP contribution is 2.32. The van der Waals surface area contributed by atoms with Crippen LogP contribution in [0.15, 0.2) is 18.2 Å². The Morgan fingerprint density at radius 1 is 1.30 bits per heavy atom. The van der Waals surface area contributed by atoms with Crippen LogP contribution < -0.4 is 10.5 Å². The van der Waals surface area contributed by atoms with Crippen molar-refractivity contribution >= 4 is 11.6 Å². The Morgan fingerprint density at radius 2 is 2.00 bits per heavy atom. The van der Waals surface area contributed by atoms with Gasteiger partial charge in [0, 0.05) is 6.07 Å². The zero-order valence-corrected chi connectivity index (χ0v) is 10.1. The molecule has 0 unspecified atom stereocenters. The van der Waals surface area contributed by atoms with Crippen molar-refractivity contribution in [3.8, 4) is 11.6 Å². The molecule has 0 atom stereocenters. The molecular formula is C11H8F2N4O3. The fraction of sp³-hybridized carbons (Fsp3) is 0.0909. The zero-order chi connectivity index (χ0) is 14.9. The molecule has 20 heavy (non-hydrogen) atoms. The van der Waals surface area contributed by atoms with Gasteiger partial charge in [-0.3, -0.25) is 10.1 Å². The molecule has 0 spiro atoms. The minimum Gasteiger partial charge on any atom is -0.433 e. The molecule has 0 saturated carbocycles. The number of nitro groups is 1. The Balaban J connectivity index is 2.47. The summed E-state index contributed by atoms with van der Waals surface area (Å²) < 4.78 is 30.9. The summed E-state index contributed by atoms with van der Waals surface area (Å²) in [5.41, 5.74) is 4.88. The van der Waals surface area contributed by atoms with Crippen LogP contribution in [0.5, 0.6) is 11.6 Å². The van der Waals surface area contributed by atoms with Crippen LogP contribution in [0.4, 0.5) is 20.4 Å². The second kappa shape index (κ2) is 5.03. The van der Waals surface area contributed by atoms with Gasteiger partial charge >= 0.3 is 11.6 Å². The van der Waals surface area contributed by atoms with Crippen LogP contribution in [0.2, 0.25) is 0 Å². The van der Waals surface area contributed by atoms with Gasteiger partial charge in [0.25, 0.3) is 0 Å². The molecule has 2 rings (SSSR count). The average molecular weight is 282 g/mol. The van der Waals surface area contributed by atoms with Gasteiger partial charge in [-0.15, -0.1) is 0 Å². The van der Waals surface area contributed by atoms with Crippen molar-refractivity contribution in [2.75, 3.05) is 5.73 Å². The van der Waals surface area contributed by atoms with Crippen LogP contribution in [0.1, 0.15) is 5.69 Å². The fourth-order valence-corrected chi connectivity index (χ4v) is 1.49. The summed E-state index contributed by atoms with van der Waals surface area (Å²) in [4.78, 5) is 17.4. The third-order valence-electron chi connectivity index (χ3n) is 2.33. The van der Waals surface area contributed by atoms with Gasteiger partial charge in [0.2, 0.25) is 5.95 Å². The number of halogens is 2. The lowest BCUT2D eigenvalue weighted by Crippen LogP contribution is -2.05. The van der Waals surface area contributed by atoms with Crippen molar-refractivity contribution in [1.82, 2.24) is 9.97 Å². The first-order valence-electron chi connectivity index (χ1n) is 5.30. The number of anilines is 1. The second-order valence-corrected chi connectivity index (χ2v) is 3.76. The van der Waals surface area contributed by atoms with E-state index in [0.29, 0.717) is 0 Å². The Kier molecular flexibility index (Phi) is 3.42. The lowest BCUT2D eigenvalue weighted by Gasteiger charge is -2.07. The lowest BCUT2D eigenvalue weighted by molar-refractivity contribution is -0.386. The molecule has 0 fully saturated rings. The molecule has 2 aromatic rings. The van der Waals surface area contributed by atoms with E-state index in [2.05, 4.69) is 9.97 Å². The fourth-order valence-electron chi connectivity index (χ4n) is 1.49. The third-order valence-corrected chi connectivity index (χ3v) is 2.33. The number of nitrogens with zero attached hydrogens (tertiary/aromatic N) is 3. The van der Waals surface area contributed by atoms with Gasteiger partial charge in [-0.1, -0.05) is 0 Å². The Hall–Kier alpha value is -2.84. The molecule has 0 aliphatic carbocycles. The standard InChI is InChI=1S/C11H8F2N4O3/c1-5-9(17(18)19)10(16-11(14)15-5)20-6-2-3-7(12)8(13)4-6/h2-4H,1H3,(H2,14,15,16). The molecule has 0 saturated heterocycles. The minimum absolute atomic E-state index is 0.0000774. The van der Waals surface area contributed by atoms with Gasteiger partial charge in [0.1, 0.15) is 11.4 Å². The number of rotatable bonds is 3. The van der Waals surface area contributed by atoms with E-state index < -0.39 is 28.1 Å². The number of nitrogen functional groups attached to an aromatic ring is 1. The topological polar surface area (TPSA) is 104 Å². The molecule has 0 aliphatic heterocycles. The molecular weight excluding hydrogens is 274 g/mol. The van der Waals surface area contributed by atoms with Gasteiger partial charge in [0.05, 0.1) is 4.92 Å². The van der Waals surface area contributed by atoms with E-state index in [0.717, 1.165) is 18.2 Å². The summed E-state index contributed by atoms with van der Waals surface area (Å²) in [6, 6.07) is 2.68. The van der Waals surface area contributed by atoms with Gasteiger partial charge in [-0.2, -0.15) is 4.98 Å². The number of ether oxygens (including phenoxy) is 1. The second-order valence-electron chi connectivity index (χ2n) is 3.76. The normalized spacial score (nSPS) is 10.3. The summed E-state index contributed by atoms with van der Waals surface area (Å²) >= 11 is 0. The SMILES string of the molecule is Cc1nc(N)nc(Oc2ccc(F)c(F)c2)c1[N+](=O)[O-]. The minimum atomic E-state index is -1.15. The number of aryl methyl sites for hydroxylation is 1. The van der Waals surface area contributed by atoms with E-state index in [-0.39, 0.29) is 17.4 Å². The van der Waals surface area contributed by atoms with Gasteiger partial charge in [-0.25, -0.2) is 13.8 Å². The van der Waals surface area contributed by atoms with Gasteiger partial charge in [-0.05, 0) is 19.1 Å². The third kappa shape index (κ3) is 2.60. The van der Waals surface area contributed by atoms with Crippen LogP contribution in [-0.2, 0) is 0 Å². The number of nitrogens with two attached hydrogens (primary N) is 1. The van der Waals surface area contributed by atoms with Gasteiger partial charge in [0.15, 0.2) is 11.6 Å². The molecule has 9 heteroatoms. The van der Waals surface area contributed by atoms with E-state index in [1.807, 2.05) is 0 Å².